The van der Waals surface area contributed by atoms with Crippen LogP contribution in [0, 0.1) is 0 Å². The fraction of sp³-hybridized carbons (Fsp3) is 0.471. The van der Waals surface area contributed by atoms with Crippen molar-refractivity contribution in [1.29, 1.82) is 0 Å². The van der Waals surface area contributed by atoms with Gasteiger partial charge in [0.05, 0.1) is 0 Å². The molecular formula is C17H25N3O2. The third kappa shape index (κ3) is 5.77. The second-order valence-electron chi connectivity index (χ2n) is 6.45. The van der Waals surface area contributed by atoms with Gasteiger partial charge in [0.15, 0.2) is 0 Å². The molecule has 0 bridgehead atoms. The Kier molecular flexibility index (Phi) is 5.44. The smallest absolute Gasteiger partial charge is 0.426 e. The first-order valence-electron chi connectivity index (χ1n) is 7.63. The van der Waals surface area contributed by atoms with Crippen molar-refractivity contribution in [3.63, 3.8) is 0 Å². The van der Waals surface area contributed by atoms with Crippen molar-refractivity contribution in [2.45, 2.75) is 39.3 Å². The third-order valence-corrected chi connectivity index (χ3v) is 3.27. The number of hydrazine groups is 1. The van der Waals surface area contributed by atoms with Gasteiger partial charge in [-0.05, 0) is 32.4 Å². The SMILES string of the molecule is CC(C)(C)OC(=O)NNC1=CCN(Cc2ccccc2)CC1. The lowest BCUT2D eigenvalue weighted by Gasteiger charge is -2.27. The summed E-state index contributed by atoms with van der Waals surface area (Å²) >= 11 is 0. The average Bonchev–Trinajstić information content (AvgIpc) is 2.46. The van der Waals surface area contributed by atoms with Crippen LogP contribution < -0.4 is 10.9 Å². The maximum Gasteiger partial charge on any atom is 0.426 e. The van der Waals surface area contributed by atoms with Gasteiger partial charge in [0.25, 0.3) is 0 Å². The molecule has 0 radical (unpaired) electrons. The number of carbonyl (C=O) groups is 1. The van der Waals surface area contributed by atoms with E-state index >= 15 is 0 Å². The molecule has 5 nitrogen and oxygen atoms in total. The van der Waals surface area contributed by atoms with E-state index in [-0.39, 0.29) is 0 Å². The largest absolute Gasteiger partial charge is 0.443 e. The highest BCUT2D eigenvalue weighted by atomic mass is 16.6. The van der Waals surface area contributed by atoms with Crippen LogP contribution >= 0.6 is 0 Å². The molecule has 0 saturated carbocycles. The van der Waals surface area contributed by atoms with Crippen LogP contribution in [-0.4, -0.2) is 29.7 Å². The molecule has 1 aliphatic heterocycles. The maximum absolute atomic E-state index is 11.6. The lowest BCUT2D eigenvalue weighted by atomic mass is 10.1. The minimum atomic E-state index is -0.487. The zero-order valence-corrected chi connectivity index (χ0v) is 13.6. The lowest BCUT2D eigenvalue weighted by molar-refractivity contribution is 0.0504. The third-order valence-electron chi connectivity index (χ3n) is 3.27. The van der Waals surface area contributed by atoms with Crippen molar-refractivity contribution in [3.05, 3.63) is 47.7 Å². The molecule has 120 valence electrons. The summed E-state index contributed by atoms with van der Waals surface area (Å²) in [6.45, 7) is 8.30. The molecule has 0 saturated heterocycles. The highest BCUT2D eigenvalue weighted by Gasteiger charge is 2.17. The van der Waals surface area contributed by atoms with E-state index in [1.807, 2.05) is 26.8 Å². The molecule has 1 aromatic rings. The number of ether oxygens (including phenoxy) is 1. The van der Waals surface area contributed by atoms with Crippen molar-refractivity contribution in [2.24, 2.45) is 0 Å². The van der Waals surface area contributed by atoms with Gasteiger partial charge in [0.2, 0.25) is 0 Å². The standard InChI is InChI=1S/C17H25N3O2/c1-17(2,3)22-16(21)19-18-15-9-11-20(12-10-15)13-14-7-5-4-6-8-14/h4-9,18H,10-13H2,1-3H3,(H,19,21). The summed E-state index contributed by atoms with van der Waals surface area (Å²) in [6.07, 6.45) is 2.52. The molecule has 0 unspecified atom stereocenters. The van der Waals surface area contributed by atoms with Crippen LogP contribution in [0.1, 0.15) is 32.8 Å². The van der Waals surface area contributed by atoms with Gasteiger partial charge in [0, 0.05) is 31.8 Å². The van der Waals surface area contributed by atoms with Crippen molar-refractivity contribution >= 4 is 6.09 Å². The van der Waals surface area contributed by atoms with E-state index in [0.717, 1.165) is 31.8 Å². The second kappa shape index (κ2) is 7.31. The summed E-state index contributed by atoms with van der Waals surface area (Å²) in [4.78, 5) is 13.9. The summed E-state index contributed by atoms with van der Waals surface area (Å²) in [5.41, 5.74) is 7.37. The number of amides is 1. The Bertz CT molecular complexity index is 520. The Morgan fingerprint density at radius 1 is 1.27 bits per heavy atom. The first-order valence-corrected chi connectivity index (χ1v) is 7.63. The average molecular weight is 303 g/mol. The van der Waals surface area contributed by atoms with Crippen LogP contribution in [0.3, 0.4) is 0 Å². The Labute approximate surface area is 132 Å². The summed E-state index contributed by atoms with van der Waals surface area (Å²) in [7, 11) is 0. The number of rotatable bonds is 4. The molecule has 0 aliphatic carbocycles. The molecule has 5 heteroatoms. The van der Waals surface area contributed by atoms with Crippen molar-refractivity contribution in [3.8, 4) is 0 Å². The molecule has 2 rings (SSSR count). The zero-order valence-electron chi connectivity index (χ0n) is 13.6. The first-order chi connectivity index (χ1) is 10.4. The molecule has 0 spiro atoms. The van der Waals surface area contributed by atoms with Crippen LogP contribution in [0.15, 0.2) is 42.1 Å². The van der Waals surface area contributed by atoms with Crippen LogP contribution in [0.25, 0.3) is 0 Å². The summed E-state index contributed by atoms with van der Waals surface area (Å²) in [5, 5.41) is 0. The van der Waals surface area contributed by atoms with E-state index in [2.05, 4.69) is 46.1 Å². The molecule has 22 heavy (non-hydrogen) atoms. The first kappa shape index (κ1) is 16.4. The highest BCUT2D eigenvalue weighted by Crippen LogP contribution is 2.12. The summed E-state index contributed by atoms with van der Waals surface area (Å²) < 4.78 is 5.18. The van der Waals surface area contributed by atoms with Crippen LogP contribution in [0.5, 0.6) is 0 Å². The minimum absolute atomic E-state index is 0.458. The van der Waals surface area contributed by atoms with Gasteiger partial charge in [-0.15, -0.1) is 0 Å². The molecule has 1 aromatic carbocycles. The van der Waals surface area contributed by atoms with Gasteiger partial charge in [-0.2, -0.15) is 0 Å². The van der Waals surface area contributed by atoms with Crippen molar-refractivity contribution < 1.29 is 9.53 Å². The Balaban J connectivity index is 1.74. The molecule has 0 fully saturated rings. The maximum atomic E-state index is 11.6. The number of hydrogen-bond acceptors (Lipinski definition) is 4. The molecule has 2 N–H and O–H groups in total. The van der Waals surface area contributed by atoms with E-state index in [4.69, 9.17) is 4.74 Å². The molecule has 1 amide bonds. The lowest BCUT2D eigenvalue weighted by Crippen LogP contribution is -2.42. The Morgan fingerprint density at radius 2 is 2.00 bits per heavy atom. The van der Waals surface area contributed by atoms with E-state index in [1.165, 1.54) is 5.56 Å². The highest BCUT2D eigenvalue weighted by molar-refractivity contribution is 5.67. The normalized spacial score (nSPS) is 15.9. The minimum Gasteiger partial charge on any atom is -0.443 e. The predicted molar refractivity (Wildman–Crippen MR) is 86.9 cm³/mol. The van der Waals surface area contributed by atoms with Crippen LogP contribution in [0.2, 0.25) is 0 Å². The van der Waals surface area contributed by atoms with E-state index < -0.39 is 11.7 Å². The number of nitrogens with one attached hydrogen (secondary N) is 2. The van der Waals surface area contributed by atoms with Gasteiger partial charge in [-0.25, -0.2) is 10.2 Å². The molecule has 1 aliphatic rings. The van der Waals surface area contributed by atoms with Crippen molar-refractivity contribution in [1.82, 2.24) is 15.8 Å². The molecule has 1 heterocycles. The quantitative estimate of drug-likeness (QED) is 0.840. The fourth-order valence-corrected chi connectivity index (χ4v) is 2.24. The molecule has 0 atom stereocenters. The van der Waals surface area contributed by atoms with Gasteiger partial charge >= 0.3 is 6.09 Å². The Morgan fingerprint density at radius 3 is 2.59 bits per heavy atom. The number of hydrogen-bond donors (Lipinski definition) is 2. The van der Waals surface area contributed by atoms with Gasteiger partial charge in [-0.3, -0.25) is 4.90 Å². The number of nitrogens with zero attached hydrogens (tertiary/aromatic N) is 1. The fourth-order valence-electron chi connectivity index (χ4n) is 2.24. The number of carbonyl (C=O) groups excluding carboxylic acids is 1. The van der Waals surface area contributed by atoms with Crippen LogP contribution in [-0.2, 0) is 11.3 Å². The van der Waals surface area contributed by atoms with Gasteiger partial charge < -0.3 is 10.2 Å². The van der Waals surface area contributed by atoms with Crippen LogP contribution in [0.4, 0.5) is 4.79 Å². The second-order valence-corrected chi connectivity index (χ2v) is 6.45. The Hall–Kier alpha value is -2.01. The monoisotopic (exact) mass is 303 g/mol. The zero-order chi connectivity index (χ0) is 16.0. The van der Waals surface area contributed by atoms with Gasteiger partial charge in [-0.1, -0.05) is 30.3 Å². The van der Waals surface area contributed by atoms with E-state index in [1.54, 1.807) is 0 Å². The molecule has 0 aromatic heterocycles. The van der Waals surface area contributed by atoms with E-state index in [9.17, 15) is 4.79 Å². The predicted octanol–water partition coefficient (Wildman–Crippen LogP) is 2.81. The van der Waals surface area contributed by atoms with E-state index in [0.29, 0.717) is 0 Å². The summed E-state index contributed by atoms with van der Waals surface area (Å²) in [5.74, 6) is 0. The summed E-state index contributed by atoms with van der Waals surface area (Å²) in [6, 6.07) is 10.4. The number of benzene rings is 1. The molecular weight excluding hydrogens is 278 g/mol. The van der Waals surface area contributed by atoms with Gasteiger partial charge in [0.1, 0.15) is 5.60 Å². The topological polar surface area (TPSA) is 53.6 Å². The van der Waals surface area contributed by atoms with Crippen molar-refractivity contribution in [2.75, 3.05) is 13.1 Å².